The lowest BCUT2D eigenvalue weighted by atomic mass is 9.64. The predicted molar refractivity (Wildman–Crippen MR) is 91.6 cm³/mol. The fraction of sp³-hybridized carbons (Fsp3) is 0.895. The Hall–Kier alpha value is -1.34. The normalized spacial score (nSPS) is 45.2. The van der Waals surface area contributed by atoms with Gasteiger partial charge in [0.1, 0.15) is 0 Å². The molecule has 2 spiro atoms. The molecule has 0 aromatic rings. The Morgan fingerprint density at radius 2 is 1.77 bits per heavy atom. The predicted octanol–water partition coefficient (Wildman–Crippen LogP) is 0.698. The second-order valence-electron chi connectivity index (χ2n) is 9.78. The quantitative estimate of drug-likeness (QED) is 0.784. The number of carboxylic acid groups (broad SMARTS) is 1. The fourth-order valence-corrected chi connectivity index (χ4v) is 6.55. The molecule has 6 fully saturated rings. The molecule has 0 aromatic carbocycles. The first-order chi connectivity index (χ1) is 12.5. The van der Waals surface area contributed by atoms with E-state index in [9.17, 15) is 9.59 Å². The molecule has 2 amide bonds. The summed E-state index contributed by atoms with van der Waals surface area (Å²) in [6, 6.07) is 0.614. The monoisotopic (exact) mass is 361 g/mol. The summed E-state index contributed by atoms with van der Waals surface area (Å²) in [7, 11) is 0. The second kappa shape index (κ2) is 4.93. The molecule has 1 N–H and O–H groups in total. The first kappa shape index (κ1) is 15.7. The maximum atomic E-state index is 12.9. The van der Waals surface area contributed by atoms with Gasteiger partial charge in [0.25, 0.3) is 0 Å². The summed E-state index contributed by atoms with van der Waals surface area (Å²) < 4.78 is 5.35. The molecule has 1 unspecified atom stereocenters. The van der Waals surface area contributed by atoms with Gasteiger partial charge in [-0.15, -0.1) is 0 Å². The van der Waals surface area contributed by atoms with E-state index in [1.165, 1.54) is 0 Å². The van der Waals surface area contributed by atoms with Crippen molar-refractivity contribution in [3.8, 4) is 0 Å². The molecule has 0 bridgehead atoms. The van der Waals surface area contributed by atoms with Crippen LogP contribution < -0.4 is 0 Å². The van der Waals surface area contributed by atoms with Crippen molar-refractivity contribution in [2.45, 2.75) is 37.3 Å². The highest BCUT2D eigenvalue weighted by molar-refractivity contribution is 5.84. The number of rotatable bonds is 2. The molecule has 0 aromatic heterocycles. The summed E-state index contributed by atoms with van der Waals surface area (Å²) in [5, 5.41) is 9.16. The van der Waals surface area contributed by atoms with Gasteiger partial charge in [0.2, 0.25) is 5.91 Å². The minimum Gasteiger partial charge on any atom is -0.465 e. The van der Waals surface area contributed by atoms with Crippen LogP contribution >= 0.6 is 0 Å². The lowest BCUT2D eigenvalue weighted by Crippen LogP contribution is -2.72. The van der Waals surface area contributed by atoms with Gasteiger partial charge in [-0.2, -0.15) is 0 Å². The summed E-state index contributed by atoms with van der Waals surface area (Å²) in [5.74, 6) is 1.80. The number of likely N-dealkylation sites (tertiary alicyclic amines) is 3. The highest BCUT2D eigenvalue weighted by Gasteiger charge is 2.65. The number of hydrogen-bond acceptors (Lipinski definition) is 4. The zero-order chi connectivity index (χ0) is 17.7. The van der Waals surface area contributed by atoms with Crippen LogP contribution in [0, 0.1) is 23.2 Å². The van der Waals surface area contributed by atoms with Gasteiger partial charge in [-0.1, -0.05) is 0 Å². The maximum Gasteiger partial charge on any atom is 0.407 e. The van der Waals surface area contributed by atoms with Crippen LogP contribution in [0.3, 0.4) is 0 Å². The average molecular weight is 361 g/mol. The first-order valence-electron chi connectivity index (χ1n) is 10.1. The standard InChI is InChI=1S/C19H27N3O4/c23-16(22-4-2-19(22)10-26-11-19)15-13-7-21(8-14(13)15)12-5-18(6-12)1-3-20(9-18)17(24)25/h12-15H,1-11H2,(H,24,25)/t12?,13-,14+,15?,18?. The molecule has 4 saturated heterocycles. The molecule has 26 heavy (non-hydrogen) atoms. The molecule has 4 aliphatic heterocycles. The van der Waals surface area contributed by atoms with Gasteiger partial charge in [0.05, 0.1) is 18.8 Å². The SMILES string of the molecule is O=C(O)N1CCC2(CC(N3C[C@@H]4C(C(=O)N5CCC56COC6)[C@@H]4C3)C2)C1. The Labute approximate surface area is 153 Å². The molecular formula is C19H27N3O4. The summed E-state index contributed by atoms with van der Waals surface area (Å²) in [6.45, 7) is 5.97. The highest BCUT2D eigenvalue weighted by Crippen LogP contribution is 2.58. The molecule has 142 valence electrons. The van der Waals surface area contributed by atoms with Crippen molar-refractivity contribution >= 4 is 12.0 Å². The second-order valence-corrected chi connectivity index (χ2v) is 9.78. The van der Waals surface area contributed by atoms with Gasteiger partial charge in [0, 0.05) is 44.7 Å². The minimum absolute atomic E-state index is 0.0759. The van der Waals surface area contributed by atoms with E-state index in [2.05, 4.69) is 9.80 Å². The lowest BCUT2D eigenvalue weighted by molar-refractivity contribution is -0.201. The van der Waals surface area contributed by atoms with Crippen LogP contribution in [0.4, 0.5) is 4.79 Å². The summed E-state index contributed by atoms with van der Waals surface area (Å²) in [5.41, 5.74) is 0.325. The van der Waals surface area contributed by atoms with Crippen molar-refractivity contribution in [3.63, 3.8) is 0 Å². The third-order valence-corrected chi connectivity index (χ3v) is 8.45. The van der Waals surface area contributed by atoms with E-state index in [0.29, 0.717) is 30.3 Å². The van der Waals surface area contributed by atoms with Crippen LogP contribution in [0.1, 0.15) is 25.7 Å². The number of hydrogen-bond donors (Lipinski definition) is 1. The van der Waals surface area contributed by atoms with E-state index in [0.717, 1.165) is 65.1 Å². The van der Waals surface area contributed by atoms with Crippen LogP contribution in [0.5, 0.6) is 0 Å². The van der Waals surface area contributed by atoms with E-state index in [-0.39, 0.29) is 16.9 Å². The van der Waals surface area contributed by atoms with Crippen molar-refractivity contribution in [2.75, 3.05) is 45.9 Å². The third kappa shape index (κ3) is 1.96. The number of ether oxygens (including phenoxy) is 1. The molecule has 4 heterocycles. The van der Waals surface area contributed by atoms with Crippen LogP contribution in [0.2, 0.25) is 0 Å². The van der Waals surface area contributed by atoms with Crippen molar-refractivity contribution in [1.82, 2.24) is 14.7 Å². The Kier molecular flexibility index (Phi) is 2.97. The molecule has 6 rings (SSSR count). The van der Waals surface area contributed by atoms with E-state index in [1.54, 1.807) is 4.90 Å². The molecule has 2 saturated carbocycles. The van der Waals surface area contributed by atoms with Gasteiger partial charge in [0.15, 0.2) is 0 Å². The van der Waals surface area contributed by atoms with E-state index >= 15 is 0 Å². The molecule has 3 atom stereocenters. The van der Waals surface area contributed by atoms with Gasteiger partial charge < -0.3 is 19.6 Å². The molecule has 6 aliphatic rings. The lowest BCUT2D eigenvalue weighted by Gasteiger charge is -2.57. The Bertz CT molecular complexity index is 654. The molecule has 2 aliphatic carbocycles. The van der Waals surface area contributed by atoms with Crippen molar-refractivity contribution in [2.24, 2.45) is 23.2 Å². The molecule has 7 heteroatoms. The van der Waals surface area contributed by atoms with Gasteiger partial charge >= 0.3 is 6.09 Å². The zero-order valence-corrected chi connectivity index (χ0v) is 15.1. The molecular weight excluding hydrogens is 334 g/mol. The first-order valence-corrected chi connectivity index (χ1v) is 10.1. The summed E-state index contributed by atoms with van der Waals surface area (Å²) in [4.78, 5) is 30.3. The van der Waals surface area contributed by atoms with Crippen molar-refractivity contribution in [3.05, 3.63) is 0 Å². The summed E-state index contributed by atoms with van der Waals surface area (Å²) >= 11 is 0. The Morgan fingerprint density at radius 1 is 1.04 bits per heavy atom. The molecule has 7 nitrogen and oxygen atoms in total. The number of amides is 2. The van der Waals surface area contributed by atoms with Crippen molar-refractivity contribution in [1.29, 1.82) is 0 Å². The fourth-order valence-electron chi connectivity index (χ4n) is 6.55. The van der Waals surface area contributed by atoms with Gasteiger partial charge in [-0.25, -0.2) is 4.79 Å². The zero-order valence-electron chi connectivity index (χ0n) is 15.1. The number of carbonyl (C=O) groups excluding carboxylic acids is 1. The van der Waals surface area contributed by atoms with Crippen LogP contribution in [-0.4, -0.2) is 89.3 Å². The number of piperidine rings is 1. The topological polar surface area (TPSA) is 73.3 Å². The van der Waals surface area contributed by atoms with E-state index in [4.69, 9.17) is 9.84 Å². The highest BCUT2D eigenvalue weighted by atomic mass is 16.5. The largest absolute Gasteiger partial charge is 0.465 e. The van der Waals surface area contributed by atoms with Crippen molar-refractivity contribution < 1.29 is 19.4 Å². The van der Waals surface area contributed by atoms with E-state index < -0.39 is 6.09 Å². The number of nitrogens with zero attached hydrogens (tertiary/aromatic N) is 3. The number of fused-ring (bicyclic) bond motifs is 1. The Morgan fingerprint density at radius 3 is 2.27 bits per heavy atom. The third-order valence-electron chi connectivity index (χ3n) is 8.45. The maximum absolute atomic E-state index is 12.9. The molecule has 0 radical (unpaired) electrons. The smallest absolute Gasteiger partial charge is 0.407 e. The average Bonchev–Trinajstić information content (AvgIpc) is 2.86. The van der Waals surface area contributed by atoms with Gasteiger partial charge in [-0.05, 0) is 42.9 Å². The van der Waals surface area contributed by atoms with Crippen LogP contribution in [0.25, 0.3) is 0 Å². The Balaban J connectivity index is 1.01. The number of carbonyl (C=O) groups is 2. The summed E-state index contributed by atoms with van der Waals surface area (Å²) in [6.07, 6.45) is 3.65. The minimum atomic E-state index is -0.769. The van der Waals surface area contributed by atoms with Gasteiger partial charge in [-0.3, -0.25) is 9.69 Å². The van der Waals surface area contributed by atoms with E-state index in [1.807, 2.05) is 0 Å². The van der Waals surface area contributed by atoms with Crippen LogP contribution in [0.15, 0.2) is 0 Å². The van der Waals surface area contributed by atoms with Crippen LogP contribution in [-0.2, 0) is 9.53 Å².